The molecule has 156 valence electrons. The largest absolute Gasteiger partial charge is 0.493 e. The molecule has 0 amide bonds. The fraction of sp³-hybridized carbons (Fsp3) is 0.125. The van der Waals surface area contributed by atoms with Crippen LogP contribution in [0.3, 0.4) is 0 Å². The fourth-order valence-electron chi connectivity index (χ4n) is 3.45. The Morgan fingerprint density at radius 1 is 1.06 bits per heavy atom. The normalized spacial score (nSPS) is 11.3. The number of nitrogens with zero attached hydrogens (tertiary/aromatic N) is 3. The van der Waals surface area contributed by atoms with Crippen LogP contribution in [-0.2, 0) is 6.54 Å². The molecule has 2 N–H and O–H groups in total. The first-order valence-electron chi connectivity index (χ1n) is 9.77. The number of fused-ring (bicyclic) bond motifs is 1. The summed E-state index contributed by atoms with van der Waals surface area (Å²) in [6.45, 7) is 4.46. The maximum Gasteiger partial charge on any atom is 0.221 e. The molecule has 4 rings (SSSR count). The minimum atomic E-state index is 0.0273. The van der Waals surface area contributed by atoms with E-state index in [4.69, 9.17) is 23.8 Å². The molecule has 0 spiro atoms. The first-order chi connectivity index (χ1) is 14.9. The van der Waals surface area contributed by atoms with Gasteiger partial charge in [-0.25, -0.2) is 0 Å². The molecule has 1 aromatic heterocycles. The predicted octanol–water partition coefficient (Wildman–Crippen LogP) is 7.15. The van der Waals surface area contributed by atoms with E-state index in [1.807, 2.05) is 80.6 Å². The van der Waals surface area contributed by atoms with E-state index in [2.05, 4.69) is 15.5 Å². The monoisotopic (exact) mass is 448 g/mol. The van der Waals surface area contributed by atoms with E-state index in [1.165, 1.54) is 0 Å². The first-order valence-corrected chi connectivity index (χ1v) is 10.6. The lowest BCUT2D eigenvalue weighted by molar-refractivity contribution is 0.429. The van der Waals surface area contributed by atoms with Gasteiger partial charge in [-0.2, -0.15) is 0 Å². The minimum absolute atomic E-state index is 0.0273. The number of nitrogens with one attached hydrogen (secondary N) is 1. The quantitative estimate of drug-likeness (QED) is 0.257. The lowest BCUT2D eigenvalue weighted by atomic mass is 10.1. The van der Waals surface area contributed by atoms with Crippen LogP contribution in [0.15, 0.2) is 77.0 Å². The summed E-state index contributed by atoms with van der Waals surface area (Å²) in [6.07, 6.45) is 0. The van der Waals surface area contributed by atoms with Crippen LogP contribution in [0.25, 0.3) is 10.9 Å². The standard InChI is InChI=1S/C24H21ClN4OS/c1-15-10-11-16(2)20(12-15)26-24(31)28-27-22-19-8-3-4-9-21(19)29(23(22)30)14-17-6-5-7-18(25)13-17/h3-13,30H,14H2,1-2H3,(H,26,31). The van der Waals surface area contributed by atoms with E-state index in [1.54, 1.807) is 4.57 Å². The van der Waals surface area contributed by atoms with Crippen molar-refractivity contribution >= 4 is 51.2 Å². The van der Waals surface area contributed by atoms with E-state index in [0.717, 1.165) is 33.3 Å². The van der Waals surface area contributed by atoms with E-state index >= 15 is 0 Å². The molecule has 4 aromatic rings. The van der Waals surface area contributed by atoms with Gasteiger partial charge in [-0.05, 0) is 67.0 Å². The van der Waals surface area contributed by atoms with Gasteiger partial charge in [0.2, 0.25) is 11.0 Å². The summed E-state index contributed by atoms with van der Waals surface area (Å²) in [5, 5.41) is 24.2. The van der Waals surface area contributed by atoms with Crippen molar-refractivity contribution in [3.63, 3.8) is 0 Å². The number of hydrogen-bond donors (Lipinski definition) is 2. The number of aromatic hydroxyl groups is 1. The molecule has 0 bridgehead atoms. The van der Waals surface area contributed by atoms with Crippen molar-refractivity contribution in [3.8, 4) is 5.88 Å². The second kappa shape index (κ2) is 8.88. The van der Waals surface area contributed by atoms with Crippen molar-refractivity contribution in [2.45, 2.75) is 20.4 Å². The van der Waals surface area contributed by atoms with Crippen molar-refractivity contribution in [3.05, 3.63) is 88.4 Å². The molecule has 31 heavy (non-hydrogen) atoms. The van der Waals surface area contributed by atoms with Gasteiger partial charge in [-0.1, -0.05) is 54.1 Å². The molecule has 7 heteroatoms. The Morgan fingerprint density at radius 2 is 1.87 bits per heavy atom. The van der Waals surface area contributed by atoms with Crippen LogP contribution in [0.5, 0.6) is 5.88 Å². The highest BCUT2D eigenvalue weighted by molar-refractivity contribution is 7.80. The Bertz CT molecular complexity index is 1310. The molecule has 0 aliphatic rings. The molecular weight excluding hydrogens is 428 g/mol. The fourth-order valence-corrected chi connectivity index (χ4v) is 3.82. The van der Waals surface area contributed by atoms with Crippen LogP contribution in [0, 0.1) is 13.8 Å². The summed E-state index contributed by atoms with van der Waals surface area (Å²) in [6, 6.07) is 21.3. The van der Waals surface area contributed by atoms with Crippen LogP contribution >= 0.6 is 23.8 Å². The van der Waals surface area contributed by atoms with Crippen molar-refractivity contribution in [1.82, 2.24) is 4.57 Å². The molecule has 5 nitrogen and oxygen atoms in total. The average molecular weight is 449 g/mol. The molecule has 0 unspecified atom stereocenters. The molecule has 0 saturated heterocycles. The van der Waals surface area contributed by atoms with Gasteiger partial charge in [-0.15, -0.1) is 10.2 Å². The van der Waals surface area contributed by atoms with E-state index in [0.29, 0.717) is 17.3 Å². The highest BCUT2D eigenvalue weighted by Crippen LogP contribution is 2.39. The molecule has 0 aliphatic heterocycles. The summed E-state index contributed by atoms with van der Waals surface area (Å²) in [5.74, 6) is 0.0273. The number of thiocarbonyl (C=S) groups is 1. The van der Waals surface area contributed by atoms with Gasteiger partial charge in [-0.3, -0.25) is 0 Å². The van der Waals surface area contributed by atoms with Crippen LogP contribution in [0.1, 0.15) is 16.7 Å². The van der Waals surface area contributed by atoms with Crippen molar-refractivity contribution in [2.75, 3.05) is 5.32 Å². The van der Waals surface area contributed by atoms with Gasteiger partial charge in [0.15, 0.2) is 5.69 Å². The number of hydrogen-bond acceptors (Lipinski definition) is 3. The van der Waals surface area contributed by atoms with Gasteiger partial charge in [0.1, 0.15) is 0 Å². The highest BCUT2D eigenvalue weighted by atomic mass is 35.5. The molecule has 0 radical (unpaired) electrons. The smallest absolute Gasteiger partial charge is 0.221 e. The van der Waals surface area contributed by atoms with E-state index < -0.39 is 0 Å². The number of aryl methyl sites for hydroxylation is 2. The SMILES string of the molecule is Cc1ccc(C)c(NC(=S)N=Nc2c(O)n(Cc3cccc(Cl)c3)c3ccccc23)c1. The number of benzene rings is 3. The lowest BCUT2D eigenvalue weighted by Crippen LogP contribution is -2.06. The van der Waals surface area contributed by atoms with Crippen molar-refractivity contribution in [2.24, 2.45) is 10.2 Å². The number of rotatable bonds is 4. The topological polar surface area (TPSA) is 61.9 Å². The third kappa shape index (κ3) is 4.60. The minimum Gasteiger partial charge on any atom is -0.493 e. The number of azo groups is 1. The van der Waals surface area contributed by atoms with E-state index in [-0.39, 0.29) is 11.0 Å². The van der Waals surface area contributed by atoms with Crippen molar-refractivity contribution in [1.29, 1.82) is 0 Å². The van der Waals surface area contributed by atoms with Crippen molar-refractivity contribution < 1.29 is 5.11 Å². The first kappa shape index (κ1) is 21.0. The van der Waals surface area contributed by atoms with Gasteiger partial charge in [0.25, 0.3) is 0 Å². The summed E-state index contributed by atoms with van der Waals surface area (Å²) >= 11 is 11.5. The van der Waals surface area contributed by atoms with Gasteiger partial charge < -0.3 is 15.0 Å². The van der Waals surface area contributed by atoms with Crippen LogP contribution in [-0.4, -0.2) is 14.8 Å². The Labute approximate surface area is 191 Å². The lowest BCUT2D eigenvalue weighted by Gasteiger charge is -2.08. The molecule has 0 aliphatic carbocycles. The van der Waals surface area contributed by atoms with Crippen LogP contribution < -0.4 is 5.32 Å². The second-order valence-corrected chi connectivity index (χ2v) is 8.18. The van der Waals surface area contributed by atoms with Gasteiger partial charge in [0.05, 0.1) is 12.1 Å². The number of aromatic nitrogens is 1. The molecule has 0 fully saturated rings. The predicted molar refractivity (Wildman–Crippen MR) is 131 cm³/mol. The summed E-state index contributed by atoms with van der Waals surface area (Å²) in [4.78, 5) is 0. The average Bonchev–Trinajstić information content (AvgIpc) is 3.00. The molecule has 1 heterocycles. The second-order valence-electron chi connectivity index (χ2n) is 7.35. The third-order valence-corrected chi connectivity index (χ3v) is 5.44. The van der Waals surface area contributed by atoms with Crippen LogP contribution in [0.4, 0.5) is 11.4 Å². The van der Waals surface area contributed by atoms with E-state index in [9.17, 15) is 5.11 Å². The van der Waals surface area contributed by atoms with Crippen LogP contribution in [0.2, 0.25) is 5.02 Å². The maximum absolute atomic E-state index is 10.9. The summed E-state index contributed by atoms with van der Waals surface area (Å²) in [7, 11) is 0. The number of halogens is 1. The Balaban J connectivity index is 1.65. The van der Waals surface area contributed by atoms with Gasteiger partial charge >= 0.3 is 0 Å². The maximum atomic E-state index is 10.9. The third-order valence-electron chi connectivity index (χ3n) is 5.02. The molecule has 3 aromatic carbocycles. The zero-order chi connectivity index (χ0) is 22.0. The Morgan fingerprint density at radius 3 is 2.68 bits per heavy atom. The Kier molecular flexibility index (Phi) is 6.02. The number of para-hydroxylation sites is 1. The Hall–Kier alpha value is -3.22. The molecular formula is C24H21ClN4OS. The highest BCUT2D eigenvalue weighted by Gasteiger charge is 2.17. The number of anilines is 1. The molecule has 0 saturated carbocycles. The summed E-state index contributed by atoms with van der Waals surface area (Å²) in [5.41, 5.74) is 5.26. The molecule has 0 atom stereocenters. The summed E-state index contributed by atoms with van der Waals surface area (Å²) < 4.78 is 1.79. The zero-order valence-corrected chi connectivity index (χ0v) is 18.7. The van der Waals surface area contributed by atoms with Gasteiger partial charge in [0, 0.05) is 16.1 Å². The zero-order valence-electron chi connectivity index (χ0n) is 17.1.